The largest absolute Gasteiger partial charge is 0.309 e. The first-order valence-corrected chi connectivity index (χ1v) is 15.9. The quantitative estimate of drug-likeness (QED) is 0.188. The van der Waals surface area contributed by atoms with Gasteiger partial charge in [0.15, 0.2) is 0 Å². The van der Waals surface area contributed by atoms with Crippen LogP contribution in [0.15, 0.2) is 140 Å². The first kappa shape index (κ1) is 25.5. The minimum Gasteiger partial charge on any atom is -0.309 e. The maximum absolute atomic E-state index is 5.35. The van der Waals surface area contributed by atoms with E-state index < -0.39 is 0 Å². The Balaban J connectivity index is 1.26. The molecule has 0 bridgehead atoms. The fourth-order valence-corrected chi connectivity index (χ4v) is 8.00. The Morgan fingerprint density at radius 3 is 2.04 bits per heavy atom. The number of hydrogen-bond donors (Lipinski definition) is 0. The number of pyridine rings is 2. The zero-order chi connectivity index (χ0) is 30.6. The van der Waals surface area contributed by atoms with Gasteiger partial charge in [-0.1, -0.05) is 92.7 Å². The molecule has 6 aromatic carbocycles. The maximum atomic E-state index is 5.35. The molecule has 3 heterocycles. The molecule has 9 aromatic rings. The average molecular weight is 588 g/mol. The van der Waals surface area contributed by atoms with E-state index >= 15 is 0 Å². The number of fused-ring (bicyclic) bond motifs is 12. The van der Waals surface area contributed by atoms with Crippen molar-refractivity contribution in [1.29, 1.82) is 0 Å². The van der Waals surface area contributed by atoms with E-state index in [0.717, 1.165) is 49.5 Å². The lowest BCUT2D eigenvalue weighted by Crippen LogP contribution is -2.14. The Bertz CT molecular complexity index is 2680. The van der Waals surface area contributed by atoms with Crippen LogP contribution in [0.25, 0.3) is 82.5 Å². The van der Waals surface area contributed by atoms with Crippen LogP contribution in [0.3, 0.4) is 0 Å². The van der Waals surface area contributed by atoms with Gasteiger partial charge in [-0.25, -0.2) is 4.98 Å². The van der Waals surface area contributed by atoms with Crippen molar-refractivity contribution in [1.82, 2.24) is 14.5 Å². The molecule has 1 aliphatic rings. The fourth-order valence-electron chi connectivity index (χ4n) is 8.00. The van der Waals surface area contributed by atoms with Gasteiger partial charge in [-0.2, -0.15) is 0 Å². The number of para-hydroxylation sites is 1. The summed E-state index contributed by atoms with van der Waals surface area (Å²) >= 11 is 0. The molecule has 0 unspecified atom stereocenters. The molecular formula is C43H29N3. The third-order valence-corrected chi connectivity index (χ3v) is 10.2. The Morgan fingerprint density at radius 2 is 1.20 bits per heavy atom. The molecule has 46 heavy (non-hydrogen) atoms. The molecule has 216 valence electrons. The summed E-state index contributed by atoms with van der Waals surface area (Å²) < 4.78 is 2.42. The first-order chi connectivity index (χ1) is 22.6. The summed E-state index contributed by atoms with van der Waals surface area (Å²) in [7, 11) is 0. The van der Waals surface area contributed by atoms with Crippen LogP contribution in [0.5, 0.6) is 0 Å². The number of aromatic nitrogens is 3. The zero-order valence-corrected chi connectivity index (χ0v) is 25.6. The highest BCUT2D eigenvalue weighted by Gasteiger charge is 2.36. The fraction of sp³-hybridized carbons (Fsp3) is 0.0698. The van der Waals surface area contributed by atoms with E-state index in [-0.39, 0.29) is 5.41 Å². The predicted octanol–water partition coefficient (Wildman–Crippen LogP) is 11.0. The Labute approximate surface area is 266 Å². The van der Waals surface area contributed by atoms with Crippen molar-refractivity contribution in [2.75, 3.05) is 0 Å². The van der Waals surface area contributed by atoms with Gasteiger partial charge in [0, 0.05) is 55.2 Å². The van der Waals surface area contributed by atoms with Gasteiger partial charge in [-0.15, -0.1) is 0 Å². The molecule has 0 aliphatic heterocycles. The normalized spacial score (nSPS) is 13.6. The van der Waals surface area contributed by atoms with Crippen molar-refractivity contribution in [3.63, 3.8) is 0 Å². The minimum atomic E-state index is -0.0719. The van der Waals surface area contributed by atoms with E-state index in [2.05, 4.69) is 146 Å². The Hall–Kier alpha value is -5.80. The third-order valence-electron chi connectivity index (χ3n) is 10.2. The molecule has 1 aliphatic carbocycles. The molecule has 0 saturated heterocycles. The van der Waals surface area contributed by atoms with Crippen LogP contribution in [0.2, 0.25) is 0 Å². The number of hydrogen-bond acceptors (Lipinski definition) is 2. The van der Waals surface area contributed by atoms with Crippen LogP contribution in [0.4, 0.5) is 0 Å². The predicted molar refractivity (Wildman–Crippen MR) is 192 cm³/mol. The second-order valence-corrected chi connectivity index (χ2v) is 13.0. The number of nitrogens with zero attached hydrogens (tertiary/aromatic N) is 3. The lowest BCUT2D eigenvalue weighted by atomic mass is 9.82. The van der Waals surface area contributed by atoms with Crippen LogP contribution >= 0.6 is 0 Å². The second kappa shape index (κ2) is 9.12. The van der Waals surface area contributed by atoms with Gasteiger partial charge in [0.25, 0.3) is 0 Å². The topological polar surface area (TPSA) is 30.7 Å². The molecule has 0 N–H and O–H groups in total. The van der Waals surface area contributed by atoms with Gasteiger partial charge >= 0.3 is 0 Å². The van der Waals surface area contributed by atoms with Gasteiger partial charge in [-0.3, -0.25) is 4.98 Å². The summed E-state index contributed by atoms with van der Waals surface area (Å²) in [5, 5.41) is 7.03. The van der Waals surface area contributed by atoms with E-state index in [1.165, 1.54) is 44.1 Å². The van der Waals surface area contributed by atoms with Crippen molar-refractivity contribution in [2.24, 2.45) is 0 Å². The molecule has 3 heteroatoms. The highest BCUT2D eigenvalue weighted by atomic mass is 15.0. The minimum absolute atomic E-state index is 0.0719. The summed E-state index contributed by atoms with van der Waals surface area (Å²) in [5.41, 5.74) is 13.1. The van der Waals surface area contributed by atoms with Gasteiger partial charge in [0.2, 0.25) is 0 Å². The highest BCUT2D eigenvalue weighted by Crippen LogP contribution is 2.51. The van der Waals surface area contributed by atoms with Crippen molar-refractivity contribution < 1.29 is 0 Å². The van der Waals surface area contributed by atoms with Gasteiger partial charge in [0.1, 0.15) is 0 Å². The van der Waals surface area contributed by atoms with E-state index in [9.17, 15) is 0 Å². The van der Waals surface area contributed by atoms with Crippen LogP contribution in [0, 0.1) is 0 Å². The number of rotatable bonds is 2. The smallest absolute Gasteiger partial charge is 0.0795 e. The lowest BCUT2D eigenvalue weighted by molar-refractivity contribution is 0.661. The van der Waals surface area contributed by atoms with Crippen LogP contribution < -0.4 is 0 Å². The standard InChI is InChI=1S/C43H29N3/c1-43(2)36-17-9-8-13-28(36)33-25-40-35(24-37(33)43)34-23-26(18-21-39(34)46(40)27-11-4-3-5-12-27)38-20-19-32-30-16-10-22-44-41(30)29-14-6-7-15-31(29)42(32)45-38/h3-25H,1-2H3. The SMILES string of the molecule is CC1(C)c2ccccc2-c2cc3c(cc21)c1cc(-c2ccc4c5cccnc5c5ccccc5c4n2)ccc1n3-c1ccccc1. The second-order valence-electron chi connectivity index (χ2n) is 13.0. The van der Waals surface area contributed by atoms with Gasteiger partial charge < -0.3 is 4.57 Å². The van der Waals surface area contributed by atoms with Crippen LogP contribution in [-0.4, -0.2) is 14.5 Å². The molecule has 0 amide bonds. The molecule has 0 fully saturated rings. The first-order valence-electron chi connectivity index (χ1n) is 15.9. The van der Waals surface area contributed by atoms with Gasteiger partial charge in [0.05, 0.1) is 27.8 Å². The van der Waals surface area contributed by atoms with E-state index in [1.54, 1.807) is 0 Å². The monoisotopic (exact) mass is 587 g/mol. The molecular weight excluding hydrogens is 558 g/mol. The molecule has 3 nitrogen and oxygen atoms in total. The summed E-state index contributed by atoms with van der Waals surface area (Å²) in [4.78, 5) is 10.1. The van der Waals surface area contributed by atoms with Crippen molar-refractivity contribution >= 4 is 54.4 Å². The van der Waals surface area contributed by atoms with Gasteiger partial charge in [-0.05, 0) is 76.9 Å². The molecule has 0 saturated carbocycles. The molecule has 10 rings (SSSR count). The van der Waals surface area contributed by atoms with Crippen molar-refractivity contribution in [3.05, 3.63) is 151 Å². The molecule has 0 radical (unpaired) electrons. The summed E-state index contributed by atoms with van der Waals surface area (Å²) in [6.45, 7) is 4.71. The summed E-state index contributed by atoms with van der Waals surface area (Å²) in [6, 6.07) is 48.4. The maximum Gasteiger partial charge on any atom is 0.0795 e. The Kier molecular flexibility index (Phi) is 5.06. The third kappa shape index (κ3) is 3.37. The van der Waals surface area contributed by atoms with Crippen LogP contribution in [-0.2, 0) is 5.41 Å². The lowest BCUT2D eigenvalue weighted by Gasteiger charge is -2.21. The summed E-state index contributed by atoms with van der Waals surface area (Å²) in [5.74, 6) is 0. The van der Waals surface area contributed by atoms with E-state index in [1.807, 2.05) is 12.3 Å². The van der Waals surface area contributed by atoms with E-state index in [0.29, 0.717) is 0 Å². The summed E-state index contributed by atoms with van der Waals surface area (Å²) in [6.07, 6.45) is 1.87. The number of benzene rings is 6. The molecule has 0 spiro atoms. The molecule has 0 atom stereocenters. The van der Waals surface area contributed by atoms with Crippen LogP contribution in [0.1, 0.15) is 25.0 Å². The molecule has 3 aromatic heterocycles. The highest BCUT2D eigenvalue weighted by molar-refractivity contribution is 6.23. The average Bonchev–Trinajstić information content (AvgIpc) is 3.55. The van der Waals surface area contributed by atoms with E-state index in [4.69, 9.17) is 9.97 Å². The van der Waals surface area contributed by atoms with Crippen molar-refractivity contribution in [3.8, 4) is 28.1 Å². The Morgan fingerprint density at radius 1 is 0.500 bits per heavy atom. The van der Waals surface area contributed by atoms with Crippen molar-refractivity contribution in [2.45, 2.75) is 19.3 Å². The zero-order valence-electron chi connectivity index (χ0n) is 25.6.